The van der Waals surface area contributed by atoms with Crippen LogP contribution in [0.3, 0.4) is 0 Å². The van der Waals surface area contributed by atoms with Crippen molar-refractivity contribution in [2.45, 2.75) is 69.7 Å². The maximum absolute atomic E-state index is 9.86. The summed E-state index contributed by atoms with van der Waals surface area (Å²) >= 11 is 0. The third-order valence-electron chi connectivity index (χ3n) is 3.41. The van der Waals surface area contributed by atoms with Crippen LogP contribution in [0.5, 0.6) is 0 Å². The molecule has 0 aromatic heterocycles. The highest BCUT2D eigenvalue weighted by atomic mass is 16.3. The smallest absolute Gasteiger partial charge is 0.234 e. The van der Waals surface area contributed by atoms with Gasteiger partial charge in [-0.2, -0.15) is 0 Å². The first-order valence-electron chi connectivity index (χ1n) is 7.71. The molecule has 126 valence electrons. The molecule has 0 spiro atoms. The third-order valence-corrected chi connectivity index (χ3v) is 3.41. The van der Waals surface area contributed by atoms with Crippen molar-refractivity contribution in [3.8, 4) is 0 Å². The molecule has 0 bridgehead atoms. The summed E-state index contributed by atoms with van der Waals surface area (Å²) in [6.45, 7) is 0.729. The highest BCUT2D eigenvalue weighted by molar-refractivity contribution is 5.32. The highest BCUT2D eigenvalue weighted by Crippen LogP contribution is 2.13. The van der Waals surface area contributed by atoms with Crippen LogP contribution in [0, 0.1) is 0 Å². The van der Waals surface area contributed by atoms with Crippen molar-refractivity contribution in [3.05, 3.63) is 0 Å². The Morgan fingerprint density at radius 2 is 0.955 bits per heavy atom. The van der Waals surface area contributed by atoms with E-state index < -0.39 is 18.3 Å². The second kappa shape index (κ2) is 14.6. The average molecular weight is 314 g/mol. The summed E-state index contributed by atoms with van der Waals surface area (Å²) < 4.78 is 0. The van der Waals surface area contributed by atoms with Gasteiger partial charge in [-0.15, -0.1) is 0 Å². The van der Waals surface area contributed by atoms with Crippen molar-refractivity contribution >= 4 is 12.2 Å². The minimum atomic E-state index is -0.551. The molecule has 2 atom stereocenters. The van der Waals surface area contributed by atoms with Gasteiger partial charge in [-0.05, 0) is 51.4 Å². The monoisotopic (exact) mass is 314 g/mol. The SMILES string of the molecule is O=C=NCCCC(O)CCC(O)CCC(O)CCCN=C=O. The van der Waals surface area contributed by atoms with Crippen molar-refractivity contribution in [1.29, 1.82) is 0 Å². The third kappa shape index (κ3) is 13.6. The number of carbonyl (C=O) groups excluding carboxylic acids is 2. The Hall–Kier alpha value is -1.36. The molecule has 0 aromatic rings. The molecule has 0 aromatic carbocycles. The summed E-state index contributed by atoms with van der Waals surface area (Å²) in [6.07, 6.45) is 5.54. The van der Waals surface area contributed by atoms with Crippen molar-refractivity contribution in [2.75, 3.05) is 13.1 Å². The van der Waals surface area contributed by atoms with Crippen LogP contribution in [0.15, 0.2) is 9.98 Å². The Bertz CT molecular complexity index is 331. The Morgan fingerprint density at radius 3 is 1.27 bits per heavy atom. The first kappa shape index (κ1) is 20.6. The molecule has 0 heterocycles. The van der Waals surface area contributed by atoms with Gasteiger partial charge in [0.1, 0.15) is 0 Å². The topological polar surface area (TPSA) is 120 Å². The summed E-state index contributed by atoms with van der Waals surface area (Å²) in [7, 11) is 0. The lowest BCUT2D eigenvalue weighted by Gasteiger charge is -2.16. The van der Waals surface area contributed by atoms with Crippen LogP contribution in [-0.2, 0) is 9.59 Å². The van der Waals surface area contributed by atoms with Crippen molar-refractivity contribution < 1.29 is 24.9 Å². The maximum atomic E-state index is 9.86. The molecule has 0 aliphatic carbocycles. The fourth-order valence-electron chi connectivity index (χ4n) is 2.11. The zero-order chi connectivity index (χ0) is 16.6. The zero-order valence-corrected chi connectivity index (χ0v) is 12.9. The molecule has 3 N–H and O–H groups in total. The summed E-state index contributed by atoms with van der Waals surface area (Å²) in [6, 6.07) is 0. The average Bonchev–Trinajstić information content (AvgIpc) is 2.51. The van der Waals surface area contributed by atoms with E-state index in [1.54, 1.807) is 0 Å². The van der Waals surface area contributed by atoms with Crippen molar-refractivity contribution in [1.82, 2.24) is 0 Å². The van der Waals surface area contributed by atoms with Gasteiger partial charge in [-0.25, -0.2) is 19.6 Å². The lowest BCUT2D eigenvalue weighted by Crippen LogP contribution is -2.16. The molecule has 0 saturated carbocycles. The minimum absolute atomic E-state index is 0.365. The van der Waals surface area contributed by atoms with Gasteiger partial charge in [0.2, 0.25) is 12.2 Å². The van der Waals surface area contributed by atoms with Crippen LogP contribution >= 0.6 is 0 Å². The standard InChI is InChI=1S/C15H26N2O5/c18-11-16-9-1-3-13(20)5-7-15(22)8-6-14(21)4-2-10-17-12-19/h13-15,20-22H,1-10H2. The fraction of sp³-hybridized carbons (Fsp3) is 0.867. The molecule has 0 aliphatic rings. The first-order chi connectivity index (χ1) is 10.6. The van der Waals surface area contributed by atoms with Gasteiger partial charge in [-0.3, -0.25) is 0 Å². The largest absolute Gasteiger partial charge is 0.393 e. The van der Waals surface area contributed by atoms with Crippen LogP contribution in [0.4, 0.5) is 0 Å². The number of hydrogen-bond acceptors (Lipinski definition) is 7. The van der Waals surface area contributed by atoms with Gasteiger partial charge in [0.05, 0.1) is 31.4 Å². The molecule has 2 unspecified atom stereocenters. The number of hydrogen-bond donors (Lipinski definition) is 3. The van der Waals surface area contributed by atoms with E-state index in [1.807, 2.05) is 0 Å². The van der Waals surface area contributed by atoms with Crippen molar-refractivity contribution in [2.24, 2.45) is 9.98 Å². The van der Waals surface area contributed by atoms with Crippen molar-refractivity contribution in [3.63, 3.8) is 0 Å². The van der Waals surface area contributed by atoms with Crippen LogP contribution in [0.2, 0.25) is 0 Å². The summed E-state index contributed by atoms with van der Waals surface area (Å²) in [5.41, 5.74) is 0. The lowest BCUT2D eigenvalue weighted by atomic mass is 10.0. The van der Waals surface area contributed by atoms with E-state index in [0.29, 0.717) is 64.5 Å². The number of aliphatic imine (C=N–C) groups is 2. The summed E-state index contributed by atoms with van der Waals surface area (Å²) in [5, 5.41) is 29.2. The van der Waals surface area contributed by atoms with E-state index in [2.05, 4.69) is 9.98 Å². The number of nitrogens with zero attached hydrogens (tertiary/aromatic N) is 2. The molecule has 7 heteroatoms. The maximum Gasteiger partial charge on any atom is 0.234 e. The Morgan fingerprint density at radius 1 is 0.636 bits per heavy atom. The van der Waals surface area contributed by atoms with Gasteiger partial charge in [0.25, 0.3) is 0 Å². The molecule has 0 amide bonds. The molecule has 0 rings (SSSR count). The summed E-state index contributed by atoms with van der Waals surface area (Å²) in [4.78, 5) is 26.5. The molecule has 0 fully saturated rings. The predicted molar refractivity (Wildman–Crippen MR) is 80.9 cm³/mol. The Kier molecular flexibility index (Phi) is 13.7. The van der Waals surface area contributed by atoms with E-state index in [4.69, 9.17) is 0 Å². The van der Waals surface area contributed by atoms with Gasteiger partial charge in [0.15, 0.2) is 0 Å². The minimum Gasteiger partial charge on any atom is -0.393 e. The zero-order valence-electron chi connectivity index (χ0n) is 12.9. The Balaban J connectivity index is 3.60. The lowest BCUT2D eigenvalue weighted by molar-refractivity contribution is 0.0831. The number of aliphatic hydroxyl groups is 3. The van der Waals surface area contributed by atoms with Crippen LogP contribution < -0.4 is 0 Å². The normalized spacial score (nSPS) is 14.5. The van der Waals surface area contributed by atoms with E-state index >= 15 is 0 Å². The molecular formula is C15H26N2O5. The van der Waals surface area contributed by atoms with Crippen LogP contribution in [0.1, 0.15) is 51.4 Å². The van der Waals surface area contributed by atoms with Gasteiger partial charge < -0.3 is 15.3 Å². The second-order valence-corrected chi connectivity index (χ2v) is 5.35. The second-order valence-electron chi connectivity index (χ2n) is 5.35. The fourth-order valence-corrected chi connectivity index (χ4v) is 2.11. The number of isocyanates is 2. The molecule has 22 heavy (non-hydrogen) atoms. The Labute approximate surface area is 130 Å². The van der Waals surface area contributed by atoms with E-state index in [0.717, 1.165) is 0 Å². The molecular weight excluding hydrogens is 288 g/mol. The summed E-state index contributed by atoms with van der Waals surface area (Å²) in [5.74, 6) is 0. The van der Waals surface area contributed by atoms with E-state index in [-0.39, 0.29) is 0 Å². The van der Waals surface area contributed by atoms with Crippen LogP contribution in [0.25, 0.3) is 0 Å². The molecule has 0 saturated heterocycles. The predicted octanol–water partition coefficient (Wildman–Crippen LogP) is 0.861. The molecule has 0 aliphatic heterocycles. The van der Waals surface area contributed by atoms with E-state index in [1.165, 1.54) is 12.2 Å². The van der Waals surface area contributed by atoms with E-state index in [9.17, 15) is 24.9 Å². The molecule has 0 radical (unpaired) electrons. The van der Waals surface area contributed by atoms with Crippen LogP contribution in [-0.4, -0.2) is 58.9 Å². The first-order valence-corrected chi connectivity index (χ1v) is 7.71. The number of rotatable bonds is 14. The quantitative estimate of drug-likeness (QED) is 0.249. The number of aliphatic hydroxyl groups excluding tert-OH is 3. The van der Waals surface area contributed by atoms with Gasteiger partial charge in [-0.1, -0.05) is 0 Å². The molecule has 7 nitrogen and oxygen atoms in total. The highest BCUT2D eigenvalue weighted by Gasteiger charge is 2.12. The van der Waals surface area contributed by atoms with Gasteiger partial charge in [0, 0.05) is 0 Å². The van der Waals surface area contributed by atoms with Gasteiger partial charge >= 0.3 is 0 Å².